The Hall–Kier alpha value is -1.07. The van der Waals surface area contributed by atoms with Crippen molar-refractivity contribution in [1.29, 1.82) is 0 Å². The van der Waals surface area contributed by atoms with Crippen molar-refractivity contribution < 1.29 is 9.90 Å². The lowest BCUT2D eigenvalue weighted by molar-refractivity contribution is 0.0156. The van der Waals surface area contributed by atoms with E-state index in [2.05, 4.69) is 5.10 Å². The molecule has 0 spiro atoms. The second-order valence-electron chi connectivity index (χ2n) is 5.47. The minimum atomic E-state index is -0.743. The van der Waals surface area contributed by atoms with Crippen LogP contribution in [-0.4, -0.2) is 44.9 Å². The Bertz CT molecular complexity index is 492. The summed E-state index contributed by atoms with van der Waals surface area (Å²) < 4.78 is 1.49. The zero-order chi connectivity index (χ0) is 14.2. The summed E-state index contributed by atoms with van der Waals surface area (Å²) >= 11 is 6.09. The molecule has 19 heavy (non-hydrogen) atoms. The first kappa shape index (κ1) is 14.3. The highest BCUT2D eigenvalue weighted by molar-refractivity contribution is 6.33. The summed E-state index contributed by atoms with van der Waals surface area (Å²) in [6.45, 7) is 2.10. The summed E-state index contributed by atoms with van der Waals surface area (Å²) in [6, 6.07) is 0. The van der Waals surface area contributed by atoms with Crippen LogP contribution >= 0.6 is 11.6 Å². The molecule has 0 radical (unpaired) electrons. The minimum Gasteiger partial charge on any atom is -0.388 e. The molecule has 6 heteroatoms. The second-order valence-corrected chi connectivity index (χ2v) is 5.83. The molecule has 0 saturated heterocycles. The molecule has 0 unspecified atom stereocenters. The van der Waals surface area contributed by atoms with Crippen LogP contribution in [0.4, 0.5) is 0 Å². The summed E-state index contributed by atoms with van der Waals surface area (Å²) in [5.74, 6) is -0.184. The van der Waals surface area contributed by atoms with Crippen LogP contribution in [-0.2, 0) is 7.05 Å². The molecule has 1 aliphatic carbocycles. The van der Waals surface area contributed by atoms with Gasteiger partial charge >= 0.3 is 0 Å². The van der Waals surface area contributed by atoms with Crippen LogP contribution in [0.3, 0.4) is 0 Å². The highest BCUT2D eigenvalue weighted by Crippen LogP contribution is 2.30. The topological polar surface area (TPSA) is 58.4 Å². The van der Waals surface area contributed by atoms with Crippen LogP contribution < -0.4 is 0 Å². The van der Waals surface area contributed by atoms with E-state index in [1.54, 1.807) is 25.9 Å². The smallest absolute Gasteiger partial charge is 0.258 e. The Morgan fingerprint density at radius 3 is 2.58 bits per heavy atom. The molecular formula is C13H20ClN3O2. The Labute approximate surface area is 118 Å². The number of halogens is 1. The van der Waals surface area contributed by atoms with E-state index in [0.717, 1.165) is 25.7 Å². The van der Waals surface area contributed by atoms with Crippen LogP contribution in [0.2, 0.25) is 5.15 Å². The van der Waals surface area contributed by atoms with Gasteiger partial charge in [0, 0.05) is 20.6 Å². The van der Waals surface area contributed by atoms with Gasteiger partial charge in [0.25, 0.3) is 5.91 Å². The maximum absolute atomic E-state index is 12.4. The lowest BCUT2D eigenvalue weighted by Gasteiger charge is -2.28. The normalized spacial score (nSPS) is 17.7. The average molecular weight is 286 g/mol. The fourth-order valence-electron chi connectivity index (χ4n) is 2.77. The average Bonchev–Trinajstić information content (AvgIpc) is 2.84. The Kier molecular flexibility index (Phi) is 3.87. The van der Waals surface area contributed by atoms with Crippen molar-refractivity contribution in [3.63, 3.8) is 0 Å². The Morgan fingerprint density at radius 2 is 2.11 bits per heavy atom. The molecule has 1 N–H and O–H groups in total. The van der Waals surface area contributed by atoms with E-state index in [4.69, 9.17) is 11.6 Å². The van der Waals surface area contributed by atoms with Gasteiger partial charge in [0.15, 0.2) is 0 Å². The molecule has 106 valence electrons. The van der Waals surface area contributed by atoms with Crippen molar-refractivity contribution in [2.75, 3.05) is 13.6 Å². The molecule has 0 aromatic carbocycles. The fraction of sp³-hybridized carbons (Fsp3) is 0.692. The SMILES string of the molecule is Cc1nn(C)c(Cl)c1C(=O)N(C)CC1(O)CCCC1. The molecule has 5 nitrogen and oxygen atoms in total. The van der Waals surface area contributed by atoms with E-state index in [-0.39, 0.29) is 5.91 Å². The van der Waals surface area contributed by atoms with E-state index < -0.39 is 5.60 Å². The van der Waals surface area contributed by atoms with Gasteiger partial charge in [0.2, 0.25) is 0 Å². The summed E-state index contributed by atoms with van der Waals surface area (Å²) in [6.07, 6.45) is 3.55. The van der Waals surface area contributed by atoms with Crippen molar-refractivity contribution in [1.82, 2.24) is 14.7 Å². The molecule has 0 bridgehead atoms. The van der Waals surface area contributed by atoms with Crippen LogP contribution in [0.15, 0.2) is 0 Å². The van der Waals surface area contributed by atoms with Crippen molar-refractivity contribution in [3.8, 4) is 0 Å². The maximum Gasteiger partial charge on any atom is 0.258 e. The number of hydrogen-bond acceptors (Lipinski definition) is 3. The largest absolute Gasteiger partial charge is 0.388 e. The van der Waals surface area contributed by atoms with Gasteiger partial charge in [-0.3, -0.25) is 9.48 Å². The van der Waals surface area contributed by atoms with E-state index in [9.17, 15) is 9.90 Å². The Morgan fingerprint density at radius 1 is 1.53 bits per heavy atom. The van der Waals surface area contributed by atoms with Crippen molar-refractivity contribution in [2.45, 2.75) is 38.2 Å². The van der Waals surface area contributed by atoms with Gasteiger partial charge in [-0.1, -0.05) is 24.4 Å². The zero-order valence-electron chi connectivity index (χ0n) is 11.6. The number of rotatable bonds is 3. The van der Waals surface area contributed by atoms with Gasteiger partial charge in [-0.2, -0.15) is 5.10 Å². The van der Waals surface area contributed by atoms with Crippen molar-refractivity contribution in [2.24, 2.45) is 7.05 Å². The molecule has 1 amide bonds. The third-order valence-electron chi connectivity index (χ3n) is 3.78. The summed E-state index contributed by atoms with van der Waals surface area (Å²) in [7, 11) is 3.40. The highest BCUT2D eigenvalue weighted by atomic mass is 35.5. The molecule has 1 aromatic heterocycles. The summed E-state index contributed by atoms with van der Waals surface area (Å²) in [5.41, 5.74) is 0.295. The number of aliphatic hydroxyl groups is 1. The van der Waals surface area contributed by atoms with Gasteiger partial charge in [-0.15, -0.1) is 0 Å². The van der Waals surface area contributed by atoms with E-state index in [0.29, 0.717) is 23.0 Å². The maximum atomic E-state index is 12.4. The lowest BCUT2D eigenvalue weighted by Crippen LogP contribution is -2.42. The number of carbonyl (C=O) groups is 1. The van der Waals surface area contributed by atoms with Gasteiger partial charge in [0.1, 0.15) is 5.15 Å². The summed E-state index contributed by atoms with van der Waals surface area (Å²) in [5, 5.41) is 14.8. The standard InChI is InChI=1S/C13H20ClN3O2/c1-9-10(11(14)17(3)15-9)12(18)16(2)8-13(19)6-4-5-7-13/h19H,4-8H2,1-3H3. The van der Waals surface area contributed by atoms with Crippen molar-refractivity contribution in [3.05, 3.63) is 16.4 Å². The van der Waals surface area contributed by atoms with Crippen molar-refractivity contribution >= 4 is 17.5 Å². The fourth-order valence-corrected chi connectivity index (χ4v) is 3.02. The van der Waals surface area contributed by atoms with Gasteiger partial charge in [-0.25, -0.2) is 0 Å². The first-order valence-corrected chi connectivity index (χ1v) is 6.89. The molecule has 1 heterocycles. The molecule has 0 aliphatic heterocycles. The number of hydrogen-bond donors (Lipinski definition) is 1. The van der Waals surface area contributed by atoms with Gasteiger partial charge < -0.3 is 10.0 Å². The first-order valence-electron chi connectivity index (χ1n) is 6.51. The minimum absolute atomic E-state index is 0.184. The van der Waals surface area contributed by atoms with Crippen LogP contribution in [0, 0.1) is 6.92 Å². The van der Waals surface area contributed by atoms with E-state index in [1.165, 1.54) is 4.68 Å². The molecule has 1 aliphatic rings. The quantitative estimate of drug-likeness (QED) is 0.921. The van der Waals surface area contributed by atoms with Crippen LogP contribution in [0.25, 0.3) is 0 Å². The summed E-state index contributed by atoms with van der Waals surface area (Å²) in [4.78, 5) is 13.9. The van der Waals surface area contributed by atoms with Gasteiger partial charge in [-0.05, 0) is 19.8 Å². The van der Waals surface area contributed by atoms with E-state index in [1.807, 2.05) is 0 Å². The molecule has 0 atom stereocenters. The molecule has 1 fully saturated rings. The number of carbonyl (C=O) groups excluding carboxylic acids is 1. The number of aryl methyl sites for hydroxylation is 2. The molecule has 1 aromatic rings. The number of likely N-dealkylation sites (N-methyl/N-ethyl adjacent to an activating group) is 1. The number of nitrogens with zero attached hydrogens (tertiary/aromatic N) is 3. The second kappa shape index (κ2) is 5.13. The predicted octanol–water partition coefficient (Wildman–Crippen LogP) is 1.76. The number of amides is 1. The third-order valence-corrected chi connectivity index (χ3v) is 4.21. The van der Waals surface area contributed by atoms with Crippen LogP contribution in [0.5, 0.6) is 0 Å². The number of aromatic nitrogens is 2. The third kappa shape index (κ3) is 2.77. The molecule has 2 rings (SSSR count). The van der Waals surface area contributed by atoms with E-state index >= 15 is 0 Å². The zero-order valence-corrected chi connectivity index (χ0v) is 12.4. The van der Waals surface area contributed by atoms with Gasteiger partial charge in [0.05, 0.1) is 16.9 Å². The molecular weight excluding hydrogens is 266 g/mol. The molecule has 1 saturated carbocycles. The predicted molar refractivity (Wildman–Crippen MR) is 73.3 cm³/mol. The first-order chi connectivity index (χ1) is 8.84. The Balaban J connectivity index is 2.15. The lowest BCUT2D eigenvalue weighted by atomic mass is 10.0. The van der Waals surface area contributed by atoms with Crippen LogP contribution in [0.1, 0.15) is 41.7 Å². The monoisotopic (exact) mass is 285 g/mol. The highest BCUT2D eigenvalue weighted by Gasteiger charge is 2.34.